The van der Waals surface area contributed by atoms with Gasteiger partial charge in [0.1, 0.15) is 10.3 Å². The lowest BCUT2D eigenvalue weighted by Crippen LogP contribution is -2.10. The van der Waals surface area contributed by atoms with Crippen molar-refractivity contribution in [1.29, 1.82) is 0 Å². The Balaban J connectivity index is 2.94. The van der Waals surface area contributed by atoms with Crippen LogP contribution >= 0.6 is 15.9 Å². The first-order chi connectivity index (χ1) is 6.46. The predicted octanol–water partition coefficient (Wildman–Crippen LogP) is 2.08. The van der Waals surface area contributed by atoms with Crippen LogP contribution in [0.25, 0.3) is 0 Å². The summed E-state index contributed by atoms with van der Waals surface area (Å²) >= 11 is 2.96. The number of aromatic amines is 1. The minimum absolute atomic E-state index is 0.142. The zero-order valence-corrected chi connectivity index (χ0v) is 8.74. The van der Waals surface area contributed by atoms with E-state index in [-0.39, 0.29) is 16.6 Å². The molecule has 0 aliphatic rings. The number of halogens is 4. The number of nitrogens with two attached hydrogens (primary N) is 1. The summed E-state index contributed by atoms with van der Waals surface area (Å²) in [6, 6.07) is 0. The molecule has 0 aliphatic carbocycles. The van der Waals surface area contributed by atoms with E-state index >= 15 is 0 Å². The van der Waals surface area contributed by atoms with Crippen LogP contribution in [0.3, 0.4) is 0 Å². The van der Waals surface area contributed by atoms with Crippen LogP contribution in [0.2, 0.25) is 0 Å². The molecule has 14 heavy (non-hydrogen) atoms. The Bertz CT molecular complexity index is 308. The molecule has 80 valence electrons. The highest BCUT2D eigenvalue weighted by Crippen LogP contribution is 2.33. The molecule has 1 aromatic heterocycles. The number of hydrogen-bond acceptors (Lipinski definition) is 2. The summed E-state index contributed by atoms with van der Waals surface area (Å²) in [5.41, 5.74) is 4.58. The van der Waals surface area contributed by atoms with Crippen molar-refractivity contribution in [1.82, 2.24) is 10.2 Å². The van der Waals surface area contributed by atoms with Crippen molar-refractivity contribution in [3.8, 4) is 0 Å². The van der Waals surface area contributed by atoms with Crippen molar-refractivity contribution in [2.45, 2.75) is 19.0 Å². The van der Waals surface area contributed by atoms with Crippen molar-refractivity contribution >= 4 is 15.9 Å². The molecule has 3 N–H and O–H groups in total. The second kappa shape index (κ2) is 4.31. The molecule has 0 bridgehead atoms. The molecule has 0 amide bonds. The highest BCUT2D eigenvalue weighted by Gasteiger charge is 2.36. The van der Waals surface area contributed by atoms with Crippen molar-refractivity contribution in [3.63, 3.8) is 0 Å². The van der Waals surface area contributed by atoms with Gasteiger partial charge in [0.15, 0.2) is 0 Å². The van der Waals surface area contributed by atoms with E-state index in [1.165, 1.54) is 0 Å². The summed E-state index contributed by atoms with van der Waals surface area (Å²) in [6.07, 6.45) is -3.62. The third-order valence-corrected chi connectivity index (χ3v) is 2.39. The number of rotatable bonds is 3. The Morgan fingerprint density at radius 1 is 1.43 bits per heavy atom. The molecule has 1 rings (SSSR count). The highest BCUT2D eigenvalue weighted by molar-refractivity contribution is 9.10. The van der Waals surface area contributed by atoms with E-state index in [4.69, 9.17) is 5.73 Å². The summed E-state index contributed by atoms with van der Waals surface area (Å²) in [7, 11) is 0. The van der Waals surface area contributed by atoms with Gasteiger partial charge >= 0.3 is 6.18 Å². The summed E-state index contributed by atoms with van der Waals surface area (Å²) in [6.45, 7) is 0.356. The van der Waals surface area contributed by atoms with Gasteiger partial charge in [0.2, 0.25) is 0 Å². The molecule has 1 heterocycles. The number of nitrogens with zero attached hydrogens (tertiary/aromatic N) is 1. The highest BCUT2D eigenvalue weighted by atomic mass is 79.9. The number of alkyl halides is 3. The van der Waals surface area contributed by atoms with Crippen molar-refractivity contribution in [2.24, 2.45) is 5.73 Å². The van der Waals surface area contributed by atoms with Crippen molar-refractivity contribution < 1.29 is 13.2 Å². The maximum Gasteiger partial charge on any atom is 0.433 e. The van der Waals surface area contributed by atoms with Gasteiger partial charge in [-0.15, -0.1) is 0 Å². The van der Waals surface area contributed by atoms with Crippen LogP contribution < -0.4 is 5.73 Å². The maximum atomic E-state index is 12.4. The van der Waals surface area contributed by atoms with Gasteiger partial charge in [-0.2, -0.15) is 18.3 Å². The molecule has 0 fully saturated rings. The van der Waals surface area contributed by atoms with Gasteiger partial charge in [0.25, 0.3) is 0 Å². The molecule has 0 aliphatic heterocycles. The Morgan fingerprint density at radius 3 is 2.57 bits per heavy atom. The fraction of sp³-hybridized carbons (Fsp3) is 0.571. The quantitative estimate of drug-likeness (QED) is 0.885. The second-order valence-corrected chi connectivity index (χ2v) is 3.51. The van der Waals surface area contributed by atoms with Gasteiger partial charge in [-0.3, -0.25) is 5.10 Å². The first-order valence-electron chi connectivity index (χ1n) is 3.96. The first-order valence-corrected chi connectivity index (χ1v) is 4.76. The molecule has 7 heteroatoms. The van der Waals surface area contributed by atoms with Gasteiger partial charge in [0, 0.05) is 5.56 Å². The van der Waals surface area contributed by atoms with E-state index in [0.717, 1.165) is 0 Å². The number of H-pyrrole nitrogens is 1. The van der Waals surface area contributed by atoms with Crippen LogP contribution in [0, 0.1) is 0 Å². The summed E-state index contributed by atoms with van der Waals surface area (Å²) < 4.78 is 37.3. The van der Waals surface area contributed by atoms with Gasteiger partial charge in [-0.05, 0) is 35.3 Å². The number of aromatic nitrogens is 2. The molecule has 0 unspecified atom stereocenters. The Hall–Kier alpha value is -0.560. The summed E-state index contributed by atoms with van der Waals surface area (Å²) in [5.74, 6) is 0. The smallest absolute Gasteiger partial charge is 0.330 e. The fourth-order valence-corrected chi connectivity index (χ4v) is 1.57. The Morgan fingerprint density at radius 2 is 2.07 bits per heavy atom. The molecule has 0 radical (unpaired) electrons. The lowest BCUT2D eigenvalue weighted by atomic mass is 10.1. The predicted molar refractivity (Wildman–Crippen MR) is 48.7 cm³/mol. The fourth-order valence-electron chi connectivity index (χ4n) is 1.08. The van der Waals surface area contributed by atoms with Gasteiger partial charge in [-0.25, -0.2) is 0 Å². The van der Waals surface area contributed by atoms with E-state index in [9.17, 15) is 13.2 Å². The molecule has 3 nitrogen and oxygen atoms in total. The van der Waals surface area contributed by atoms with Crippen LogP contribution in [-0.4, -0.2) is 16.7 Å². The van der Waals surface area contributed by atoms with Crippen LogP contribution in [-0.2, 0) is 12.6 Å². The summed E-state index contributed by atoms with van der Waals surface area (Å²) in [4.78, 5) is 0. The van der Waals surface area contributed by atoms with Gasteiger partial charge < -0.3 is 5.73 Å². The van der Waals surface area contributed by atoms with E-state index in [2.05, 4.69) is 21.0 Å². The zero-order valence-electron chi connectivity index (χ0n) is 7.16. The minimum Gasteiger partial charge on any atom is -0.330 e. The van der Waals surface area contributed by atoms with Crippen LogP contribution in [0.4, 0.5) is 13.2 Å². The van der Waals surface area contributed by atoms with E-state index in [1.54, 1.807) is 0 Å². The molecule has 1 aromatic rings. The van der Waals surface area contributed by atoms with Gasteiger partial charge in [-0.1, -0.05) is 0 Å². The first kappa shape index (κ1) is 11.5. The average Bonchev–Trinajstić information content (AvgIpc) is 2.42. The molecule has 0 atom stereocenters. The molecule has 0 saturated carbocycles. The molecule has 0 saturated heterocycles. The van der Waals surface area contributed by atoms with Crippen molar-refractivity contribution in [2.75, 3.05) is 6.54 Å². The lowest BCUT2D eigenvalue weighted by molar-refractivity contribution is -0.141. The van der Waals surface area contributed by atoms with Gasteiger partial charge in [0.05, 0.1) is 0 Å². The molecular weight excluding hydrogens is 263 g/mol. The third-order valence-electron chi connectivity index (χ3n) is 1.73. The Labute approximate surface area is 87.0 Å². The zero-order chi connectivity index (χ0) is 10.8. The van der Waals surface area contributed by atoms with Crippen LogP contribution in [0.1, 0.15) is 17.7 Å². The largest absolute Gasteiger partial charge is 0.433 e. The Kier molecular flexibility index (Phi) is 3.54. The van der Waals surface area contributed by atoms with Crippen LogP contribution in [0.5, 0.6) is 0 Å². The second-order valence-electron chi connectivity index (χ2n) is 2.76. The third kappa shape index (κ3) is 2.48. The van der Waals surface area contributed by atoms with E-state index in [1.807, 2.05) is 5.10 Å². The molecule has 0 aromatic carbocycles. The van der Waals surface area contributed by atoms with Crippen LogP contribution in [0.15, 0.2) is 4.60 Å². The number of hydrogen-bond donors (Lipinski definition) is 2. The SMILES string of the molecule is NCCCc1c(Br)n[nH]c1C(F)(F)F. The summed E-state index contributed by atoms with van der Waals surface area (Å²) in [5, 5.41) is 5.43. The molecule has 0 spiro atoms. The lowest BCUT2D eigenvalue weighted by Gasteiger charge is -2.06. The van der Waals surface area contributed by atoms with E-state index < -0.39 is 11.9 Å². The topological polar surface area (TPSA) is 54.7 Å². The monoisotopic (exact) mass is 271 g/mol. The number of nitrogens with one attached hydrogen (secondary N) is 1. The average molecular weight is 272 g/mol. The van der Waals surface area contributed by atoms with E-state index in [0.29, 0.717) is 13.0 Å². The standard InChI is InChI=1S/C7H9BrF3N3/c8-6-4(2-1-3-12)5(13-14-6)7(9,10)11/h1-3,12H2,(H,13,14). The maximum absolute atomic E-state index is 12.4. The minimum atomic E-state index is -4.39. The normalized spacial score (nSPS) is 12.1. The van der Waals surface area contributed by atoms with Crippen molar-refractivity contribution in [3.05, 3.63) is 15.9 Å². The molecular formula is C7H9BrF3N3.